The summed E-state index contributed by atoms with van der Waals surface area (Å²) < 4.78 is 39.3. The lowest BCUT2D eigenvalue weighted by molar-refractivity contribution is -0.118. The third-order valence-electron chi connectivity index (χ3n) is 2.30. The van der Waals surface area contributed by atoms with Gasteiger partial charge in [0.1, 0.15) is 0 Å². The Morgan fingerprint density at radius 1 is 1.06 bits per heavy atom. The molecule has 0 saturated carbocycles. The molecule has 0 amide bonds. The summed E-state index contributed by atoms with van der Waals surface area (Å²) in [5.41, 5.74) is 0. The van der Waals surface area contributed by atoms with Crippen LogP contribution in [0.1, 0.15) is 52.4 Å². The molecule has 6 heteroatoms. The second-order valence-electron chi connectivity index (χ2n) is 4.07. The van der Waals surface area contributed by atoms with Gasteiger partial charge in [-0.1, -0.05) is 39.0 Å². The molecular formula is C11H24O5S. The highest BCUT2D eigenvalue weighted by Gasteiger charge is 2.08. The zero-order chi connectivity index (χ0) is 13.1. The number of unbranched alkanes of at least 4 members (excludes halogenated alkanes) is 5. The van der Waals surface area contributed by atoms with E-state index in [-0.39, 0.29) is 0 Å². The van der Waals surface area contributed by atoms with Gasteiger partial charge in [-0.05, 0) is 13.3 Å². The van der Waals surface area contributed by atoms with Crippen LogP contribution in [-0.2, 0) is 19.6 Å². The fourth-order valence-corrected chi connectivity index (χ4v) is 1.73. The van der Waals surface area contributed by atoms with Crippen LogP contribution in [0.2, 0.25) is 0 Å². The molecule has 0 spiro atoms. The Labute approximate surface area is 104 Å². The highest BCUT2D eigenvalue weighted by Crippen LogP contribution is 2.06. The molecule has 0 saturated heterocycles. The molecule has 0 bridgehead atoms. The first-order valence-electron chi connectivity index (χ1n) is 6.14. The van der Waals surface area contributed by atoms with Crippen molar-refractivity contribution >= 4 is 10.1 Å². The summed E-state index contributed by atoms with van der Waals surface area (Å²) in [6, 6.07) is 0. The first kappa shape index (κ1) is 16.8. The van der Waals surface area contributed by atoms with Crippen molar-refractivity contribution in [3.63, 3.8) is 0 Å². The molecule has 0 aromatic heterocycles. The van der Waals surface area contributed by atoms with Crippen LogP contribution in [0.4, 0.5) is 0 Å². The number of hydrogen-bond acceptors (Lipinski definition) is 4. The number of hydrogen-bond donors (Lipinski definition) is 1. The molecule has 1 atom stereocenters. The van der Waals surface area contributed by atoms with Gasteiger partial charge in [-0.25, -0.2) is 0 Å². The van der Waals surface area contributed by atoms with Crippen LogP contribution in [0, 0.1) is 0 Å². The molecule has 0 rings (SSSR count). The van der Waals surface area contributed by atoms with Crippen LogP contribution in [0.25, 0.3) is 0 Å². The predicted octanol–water partition coefficient (Wildman–Crippen LogP) is 2.57. The second-order valence-corrected chi connectivity index (χ2v) is 5.47. The van der Waals surface area contributed by atoms with E-state index < -0.39 is 22.3 Å². The van der Waals surface area contributed by atoms with Crippen molar-refractivity contribution in [2.24, 2.45) is 0 Å². The maximum absolute atomic E-state index is 10.4. The summed E-state index contributed by atoms with van der Waals surface area (Å²) >= 11 is 0. The Morgan fingerprint density at radius 3 is 2.24 bits per heavy atom. The maximum Gasteiger partial charge on any atom is 0.289 e. The van der Waals surface area contributed by atoms with Crippen LogP contribution >= 0.6 is 0 Å². The van der Waals surface area contributed by atoms with E-state index in [0.29, 0.717) is 6.61 Å². The molecule has 0 heterocycles. The van der Waals surface area contributed by atoms with Gasteiger partial charge in [0.2, 0.25) is 0 Å². The summed E-state index contributed by atoms with van der Waals surface area (Å²) in [5.74, 6) is -0.718. The molecule has 0 fully saturated rings. The summed E-state index contributed by atoms with van der Waals surface area (Å²) in [5, 5.41) is 0. The van der Waals surface area contributed by atoms with E-state index in [1.165, 1.54) is 25.7 Å². The van der Waals surface area contributed by atoms with E-state index in [4.69, 9.17) is 14.0 Å². The highest BCUT2D eigenvalue weighted by atomic mass is 32.2. The molecule has 0 aromatic carbocycles. The Kier molecular flexibility index (Phi) is 9.72. The minimum Gasteiger partial charge on any atom is -0.353 e. The lowest BCUT2D eigenvalue weighted by Crippen LogP contribution is -2.18. The van der Waals surface area contributed by atoms with E-state index in [1.807, 2.05) is 0 Å². The van der Waals surface area contributed by atoms with Gasteiger partial charge in [0.25, 0.3) is 10.1 Å². The highest BCUT2D eigenvalue weighted by molar-refractivity contribution is 7.85. The van der Waals surface area contributed by atoms with Gasteiger partial charge in [0.15, 0.2) is 12.2 Å². The van der Waals surface area contributed by atoms with Crippen LogP contribution in [0.3, 0.4) is 0 Å². The van der Waals surface area contributed by atoms with Crippen LogP contribution in [0.5, 0.6) is 0 Å². The topological polar surface area (TPSA) is 72.8 Å². The van der Waals surface area contributed by atoms with E-state index in [2.05, 4.69) is 6.92 Å². The fraction of sp³-hybridized carbons (Fsp3) is 1.00. The molecule has 0 aliphatic heterocycles. The normalized spacial score (nSPS) is 13.8. The smallest absolute Gasteiger partial charge is 0.289 e. The zero-order valence-electron chi connectivity index (χ0n) is 10.7. The average molecular weight is 268 g/mol. The summed E-state index contributed by atoms with van der Waals surface area (Å²) in [6.07, 6.45) is 6.43. The molecule has 0 aliphatic rings. The summed E-state index contributed by atoms with van der Waals surface area (Å²) in [6.45, 7) is 4.35. The van der Waals surface area contributed by atoms with E-state index >= 15 is 0 Å². The van der Waals surface area contributed by atoms with Crippen molar-refractivity contribution in [1.82, 2.24) is 0 Å². The molecule has 1 N–H and O–H groups in total. The molecular weight excluding hydrogens is 244 g/mol. The molecule has 0 aliphatic carbocycles. The minimum absolute atomic E-state index is 0.554. The van der Waals surface area contributed by atoms with Gasteiger partial charge in [-0.2, -0.15) is 8.42 Å². The zero-order valence-corrected chi connectivity index (χ0v) is 11.5. The summed E-state index contributed by atoms with van der Waals surface area (Å²) in [4.78, 5) is 0. The Hall–Kier alpha value is -0.170. The monoisotopic (exact) mass is 268 g/mol. The molecule has 0 aromatic rings. The molecule has 17 heavy (non-hydrogen) atoms. The SMILES string of the molecule is CCCCCCCCOC(C)OCS(=O)(=O)O. The van der Waals surface area contributed by atoms with Crippen LogP contribution in [-0.4, -0.2) is 31.8 Å². The second kappa shape index (κ2) is 9.82. The maximum atomic E-state index is 10.4. The van der Waals surface area contributed by atoms with Crippen LogP contribution in [0.15, 0.2) is 0 Å². The number of ether oxygens (including phenoxy) is 2. The Bertz CT molecular complexity index is 263. The van der Waals surface area contributed by atoms with E-state index in [1.54, 1.807) is 6.92 Å². The van der Waals surface area contributed by atoms with Gasteiger partial charge in [-0.3, -0.25) is 4.55 Å². The van der Waals surface area contributed by atoms with Crippen molar-refractivity contribution in [2.45, 2.75) is 58.7 Å². The van der Waals surface area contributed by atoms with Crippen molar-refractivity contribution in [3.05, 3.63) is 0 Å². The molecule has 1 unspecified atom stereocenters. The van der Waals surface area contributed by atoms with Crippen molar-refractivity contribution in [3.8, 4) is 0 Å². The van der Waals surface area contributed by atoms with E-state index in [0.717, 1.165) is 12.8 Å². The van der Waals surface area contributed by atoms with Gasteiger partial charge >= 0.3 is 0 Å². The van der Waals surface area contributed by atoms with Gasteiger partial charge in [0, 0.05) is 6.61 Å². The first-order chi connectivity index (χ1) is 7.95. The molecule has 5 nitrogen and oxygen atoms in total. The Balaban J connectivity index is 3.30. The third kappa shape index (κ3) is 13.8. The third-order valence-corrected chi connectivity index (χ3v) is 2.74. The van der Waals surface area contributed by atoms with Gasteiger partial charge < -0.3 is 9.47 Å². The summed E-state index contributed by atoms with van der Waals surface area (Å²) in [7, 11) is -4.07. The first-order valence-corrected chi connectivity index (χ1v) is 7.75. The van der Waals surface area contributed by atoms with Gasteiger partial charge in [0.05, 0.1) is 0 Å². The Morgan fingerprint density at radius 2 is 1.65 bits per heavy atom. The minimum atomic E-state index is -4.07. The molecule has 104 valence electrons. The quantitative estimate of drug-likeness (QED) is 0.354. The van der Waals surface area contributed by atoms with Crippen molar-refractivity contribution in [1.29, 1.82) is 0 Å². The molecule has 0 radical (unpaired) electrons. The predicted molar refractivity (Wildman–Crippen MR) is 66.3 cm³/mol. The van der Waals surface area contributed by atoms with Gasteiger partial charge in [-0.15, -0.1) is 0 Å². The largest absolute Gasteiger partial charge is 0.353 e. The van der Waals surface area contributed by atoms with E-state index in [9.17, 15) is 8.42 Å². The average Bonchev–Trinajstić information content (AvgIpc) is 2.24. The van der Waals surface area contributed by atoms with Crippen molar-refractivity contribution in [2.75, 3.05) is 12.5 Å². The van der Waals surface area contributed by atoms with Crippen LogP contribution < -0.4 is 0 Å². The van der Waals surface area contributed by atoms with Crippen molar-refractivity contribution < 1.29 is 22.4 Å². The number of rotatable bonds is 11. The standard InChI is InChI=1S/C11H24O5S/c1-3-4-5-6-7-8-9-15-11(2)16-10-17(12,13)14/h11H,3-10H2,1-2H3,(H,12,13,14). The lowest BCUT2D eigenvalue weighted by Gasteiger charge is -2.12. The fourth-order valence-electron chi connectivity index (χ4n) is 1.36. The lowest BCUT2D eigenvalue weighted by atomic mass is 10.1.